The van der Waals surface area contributed by atoms with E-state index in [1.807, 2.05) is 31.2 Å². The Morgan fingerprint density at radius 1 is 1.37 bits per heavy atom. The molecule has 0 unspecified atom stereocenters. The van der Waals surface area contributed by atoms with Crippen LogP contribution < -0.4 is 5.32 Å². The van der Waals surface area contributed by atoms with Gasteiger partial charge in [0.25, 0.3) is 0 Å². The standard InChI is InChI=1S/C14H20N2O3/c1-11-5-3-6-12(9-11)10-15-14(19)16(2)8-4-7-13(17)18/h3,5-6,9H,4,7-8,10H2,1-2H3,(H,15,19)(H,17,18). The summed E-state index contributed by atoms with van der Waals surface area (Å²) in [6.07, 6.45) is 0.541. The minimum atomic E-state index is -0.839. The third-order valence-corrected chi connectivity index (χ3v) is 2.76. The number of urea groups is 1. The van der Waals surface area contributed by atoms with E-state index in [2.05, 4.69) is 5.32 Å². The number of nitrogens with one attached hydrogen (secondary N) is 1. The second-order valence-corrected chi connectivity index (χ2v) is 4.57. The van der Waals surface area contributed by atoms with Gasteiger partial charge in [-0.15, -0.1) is 0 Å². The zero-order chi connectivity index (χ0) is 14.3. The molecule has 0 radical (unpaired) electrons. The van der Waals surface area contributed by atoms with Gasteiger partial charge < -0.3 is 15.3 Å². The molecule has 0 saturated heterocycles. The molecule has 0 aliphatic rings. The van der Waals surface area contributed by atoms with Gasteiger partial charge in [-0.1, -0.05) is 29.8 Å². The van der Waals surface area contributed by atoms with Crippen LogP contribution in [-0.2, 0) is 11.3 Å². The van der Waals surface area contributed by atoms with Crippen molar-refractivity contribution in [2.24, 2.45) is 0 Å². The number of carbonyl (C=O) groups is 2. The molecule has 5 heteroatoms. The molecule has 0 atom stereocenters. The quantitative estimate of drug-likeness (QED) is 0.825. The van der Waals surface area contributed by atoms with Crippen LogP contribution >= 0.6 is 0 Å². The molecule has 1 aromatic carbocycles. The lowest BCUT2D eigenvalue weighted by Gasteiger charge is -2.17. The van der Waals surface area contributed by atoms with Gasteiger partial charge >= 0.3 is 12.0 Å². The van der Waals surface area contributed by atoms with E-state index in [0.717, 1.165) is 11.1 Å². The highest BCUT2D eigenvalue weighted by Gasteiger charge is 2.08. The molecule has 1 rings (SSSR count). The molecule has 0 aliphatic carbocycles. The monoisotopic (exact) mass is 264 g/mol. The topological polar surface area (TPSA) is 69.6 Å². The summed E-state index contributed by atoms with van der Waals surface area (Å²) >= 11 is 0. The molecule has 0 aliphatic heterocycles. The van der Waals surface area contributed by atoms with E-state index in [1.165, 1.54) is 4.90 Å². The van der Waals surface area contributed by atoms with Gasteiger partial charge in [0.15, 0.2) is 0 Å². The summed E-state index contributed by atoms with van der Waals surface area (Å²) in [5, 5.41) is 11.3. The molecule has 2 amide bonds. The van der Waals surface area contributed by atoms with Crippen LogP contribution in [0.1, 0.15) is 24.0 Å². The molecule has 0 heterocycles. The van der Waals surface area contributed by atoms with Gasteiger partial charge in [-0.3, -0.25) is 4.79 Å². The zero-order valence-corrected chi connectivity index (χ0v) is 11.3. The third-order valence-electron chi connectivity index (χ3n) is 2.76. The van der Waals surface area contributed by atoms with Crippen molar-refractivity contribution in [3.8, 4) is 0 Å². The number of aryl methyl sites for hydroxylation is 1. The summed E-state index contributed by atoms with van der Waals surface area (Å²) in [5.41, 5.74) is 2.20. The Kier molecular flexibility index (Phi) is 5.85. The molecule has 104 valence electrons. The summed E-state index contributed by atoms with van der Waals surface area (Å²) < 4.78 is 0. The average Bonchev–Trinajstić information content (AvgIpc) is 2.35. The van der Waals surface area contributed by atoms with Gasteiger partial charge in [0.2, 0.25) is 0 Å². The van der Waals surface area contributed by atoms with Gasteiger partial charge in [0.1, 0.15) is 0 Å². The van der Waals surface area contributed by atoms with Crippen molar-refractivity contribution in [2.75, 3.05) is 13.6 Å². The lowest BCUT2D eigenvalue weighted by Crippen LogP contribution is -2.37. The smallest absolute Gasteiger partial charge is 0.317 e. The first-order chi connectivity index (χ1) is 8.99. The summed E-state index contributed by atoms with van der Waals surface area (Å²) in [6.45, 7) is 2.92. The van der Waals surface area contributed by atoms with Crippen molar-refractivity contribution >= 4 is 12.0 Å². The van der Waals surface area contributed by atoms with Crippen molar-refractivity contribution in [1.82, 2.24) is 10.2 Å². The molecule has 0 saturated carbocycles. The van der Waals surface area contributed by atoms with E-state index < -0.39 is 5.97 Å². The van der Waals surface area contributed by atoms with Crippen molar-refractivity contribution in [1.29, 1.82) is 0 Å². The minimum Gasteiger partial charge on any atom is -0.481 e. The predicted octanol–water partition coefficient (Wildman–Crippen LogP) is 2.00. The highest BCUT2D eigenvalue weighted by molar-refractivity contribution is 5.74. The number of carboxylic acids is 1. The number of amides is 2. The largest absolute Gasteiger partial charge is 0.481 e. The van der Waals surface area contributed by atoms with Crippen molar-refractivity contribution in [3.63, 3.8) is 0 Å². The Morgan fingerprint density at radius 3 is 2.74 bits per heavy atom. The number of carbonyl (C=O) groups excluding carboxylic acids is 1. The second-order valence-electron chi connectivity index (χ2n) is 4.57. The Bertz CT molecular complexity index is 446. The molecular formula is C14H20N2O3. The molecular weight excluding hydrogens is 244 g/mol. The number of benzene rings is 1. The van der Waals surface area contributed by atoms with Crippen molar-refractivity contribution in [2.45, 2.75) is 26.3 Å². The Hall–Kier alpha value is -2.04. The Balaban J connectivity index is 2.32. The van der Waals surface area contributed by atoms with Gasteiger partial charge in [-0.25, -0.2) is 4.79 Å². The molecule has 0 fully saturated rings. The summed E-state index contributed by atoms with van der Waals surface area (Å²) in [6, 6.07) is 7.74. The lowest BCUT2D eigenvalue weighted by atomic mass is 10.1. The van der Waals surface area contributed by atoms with Crippen LogP contribution in [0, 0.1) is 6.92 Å². The molecule has 2 N–H and O–H groups in total. The first-order valence-corrected chi connectivity index (χ1v) is 6.25. The maximum atomic E-state index is 11.7. The maximum absolute atomic E-state index is 11.7. The highest BCUT2D eigenvalue weighted by atomic mass is 16.4. The van der Waals surface area contributed by atoms with Crippen LogP contribution in [0.5, 0.6) is 0 Å². The first kappa shape index (κ1) is 15.0. The highest BCUT2D eigenvalue weighted by Crippen LogP contribution is 2.03. The summed E-state index contributed by atoms with van der Waals surface area (Å²) in [4.78, 5) is 23.6. The van der Waals surface area contributed by atoms with Crippen molar-refractivity contribution < 1.29 is 14.7 Å². The summed E-state index contributed by atoms with van der Waals surface area (Å²) in [7, 11) is 1.66. The average molecular weight is 264 g/mol. The number of carboxylic acid groups (broad SMARTS) is 1. The van der Waals surface area contributed by atoms with Crippen molar-refractivity contribution in [3.05, 3.63) is 35.4 Å². The van der Waals surface area contributed by atoms with Crippen LogP contribution in [-0.4, -0.2) is 35.6 Å². The number of aliphatic carboxylic acids is 1. The van der Waals surface area contributed by atoms with Crippen LogP contribution in [0.2, 0.25) is 0 Å². The van der Waals surface area contributed by atoms with E-state index in [0.29, 0.717) is 19.5 Å². The Morgan fingerprint density at radius 2 is 2.11 bits per heavy atom. The molecule has 0 bridgehead atoms. The fraction of sp³-hybridized carbons (Fsp3) is 0.429. The molecule has 1 aromatic rings. The second kappa shape index (κ2) is 7.41. The van der Waals surface area contributed by atoms with Gasteiger partial charge in [0, 0.05) is 26.6 Å². The Labute approximate surface area is 113 Å². The summed E-state index contributed by atoms with van der Waals surface area (Å²) in [5.74, 6) is -0.839. The molecule has 0 spiro atoms. The number of hydrogen-bond donors (Lipinski definition) is 2. The van der Waals surface area contributed by atoms with E-state index in [4.69, 9.17) is 5.11 Å². The molecule has 5 nitrogen and oxygen atoms in total. The van der Waals surface area contributed by atoms with Crippen LogP contribution in [0.3, 0.4) is 0 Å². The maximum Gasteiger partial charge on any atom is 0.317 e. The predicted molar refractivity (Wildman–Crippen MR) is 72.9 cm³/mol. The third kappa shape index (κ3) is 5.90. The lowest BCUT2D eigenvalue weighted by molar-refractivity contribution is -0.137. The zero-order valence-electron chi connectivity index (χ0n) is 11.3. The fourth-order valence-electron chi connectivity index (χ4n) is 1.70. The van der Waals surface area contributed by atoms with Crippen LogP contribution in [0.4, 0.5) is 4.79 Å². The molecule has 19 heavy (non-hydrogen) atoms. The normalized spacial score (nSPS) is 10.0. The first-order valence-electron chi connectivity index (χ1n) is 6.25. The van der Waals surface area contributed by atoms with E-state index in [-0.39, 0.29) is 12.5 Å². The fourth-order valence-corrected chi connectivity index (χ4v) is 1.70. The van der Waals surface area contributed by atoms with Crippen LogP contribution in [0.15, 0.2) is 24.3 Å². The van der Waals surface area contributed by atoms with Gasteiger partial charge in [-0.05, 0) is 18.9 Å². The minimum absolute atomic E-state index is 0.0789. The molecule has 0 aromatic heterocycles. The SMILES string of the molecule is Cc1cccc(CNC(=O)N(C)CCCC(=O)O)c1. The van der Waals surface area contributed by atoms with E-state index in [9.17, 15) is 9.59 Å². The van der Waals surface area contributed by atoms with Crippen LogP contribution in [0.25, 0.3) is 0 Å². The van der Waals surface area contributed by atoms with Gasteiger partial charge in [0.05, 0.1) is 0 Å². The van der Waals surface area contributed by atoms with E-state index >= 15 is 0 Å². The number of nitrogens with zero attached hydrogens (tertiary/aromatic N) is 1. The van der Waals surface area contributed by atoms with E-state index in [1.54, 1.807) is 7.05 Å². The number of rotatable bonds is 6. The van der Waals surface area contributed by atoms with Gasteiger partial charge in [-0.2, -0.15) is 0 Å². The number of hydrogen-bond acceptors (Lipinski definition) is 2.